The lowest BCUT2D eigenvalue weighted by Crippen LogP contribution is -2.50. The van der Waals surface area contributed by atoms with Crippen molar-refractivity contribution in [2.24, 2.45) is 5.41 Å². The summed E-state index contributed by atoms with van der Waals surface area (Å²) in [4.78, 5) is 0. The largest absolute Gasteiger partial charge is 0.418 e. The molecule has 0 saturated heterocycles. The standard InChI is InChI=1S/C13H34O4Si3/c1-12(11-13(2,3)4)20(10,15-6)17-18(7)16-19(8,9)14-5/h12,18H,11H2,1-10H3. The zero-order chi connectivity index (χ0) is 16.2. The minimum Gasteiger partial charge on any atom is -0.418 e. The summed E-state index contributed by atoms with van der Waals surface area (Å²) in [5.74, 6) is 0. The summed E-state index contributed by atoms with van der Waals surface area (Å²) in [5, 5.41) is 0. The van der Waals surface area contributed by atoms with Crippen LogP contribution in [0.3, 0.4) is 0 Å². The molecule has 3 unspecified atom stereocenters. The number of hydrogen-bond donors (Lipinski definition) is 0. The van der Waals surface area contributed by atoms with Gasteiger partial charge in [0.2, 0.25) is 0 Å². The summed E-state index contributed by atoms with van der Waals surface area (Å²) in [5.41, 5.74) is 0.709. The van der Waals surface area contributed by atoms with Gasteiger partial charge in [-0.05, 0) is 43.6 Å². The van der Waals surface area contributed by atoms with Crippen molar-refractivity contribution in [1.82, 2.24) is 0 Å². The molecule has 0 aliphatic heterocycles. The van der Waals surface area contributed by atoms with Gasteiger partial charge in [-0.15, -0.1) is 0 Å². The Labute approximate surface area is 129 Å². The fourth-order valence-electron chi connectivity index (χ4n) is 2.27. The molecule has 0 amide bonds. The predicted molar refractivity (Wildman–Crippen MR) is 91.8 cm³/mol. The van der Waals surface area contributed by atoms with Crippen LogP contribution in [0.5, 0.6) is 0 Å². The summed E-state index contributed by atoms with van der Waals surface area (Å²) < 4.78 is 23.6. The first-order valence-electron chi connectivity index (χ1n) is 7.31. The van der Waals surface area contributed by atoms with Crippen molar-refractivity contribution < 1.29 is 17.1 Å². The summed E-state index contributed by atoms with van der Waals surface area (Å²) in [6.07, 6.45) is 1.09. The zero-order valence-corrected chi connectivity index (χ0v) is 18.1. The lowest BCUT2D eigenvalue weighted by atomic mass is 9.91. The Morgan fingerprint density at radius 3 is 1.85 bits per heavy atom. The van der Waals surface area contributed by atoms with Crippen LogP contribution in [0, 0.1) is 5.41 Å². The molecule has 0 aromatic carbocycles. The molecule has 0 aliphatic carbocycles. The molecule has 0 aromatic rings. The van der Waals surface area contributed by atoms with E-state index in [1.807, 2.05) is 13.1 Å². The zero-order valence-electron chi connectivity index (χ0n) is 15.0. The van der Waals surface area contributed by atoms with Gasteiger partial charge in [-0.2, -0.15) is 0 Å². The Hall–Kier alpha value is 0.491. The highest BCUT2D eigenvalue weighted by atomic mass is 28.5. The molecular weight excluding hydrogens is 304 g/mol. The fourth-order valence-corrected chi connectivity index (χ4v) is 11.8. The average molecular weight is 339 g/mol. The van der Waals surface area contributed by atoms with Crippen molar-refractivity contribution >= 4 is 26.4 Å². The van der Waals surface area contributed by atoms with Crippen molar-refractivity contribution in [1.29, 1.82) is 0 Å². The van der Waals surface area contributed by atoms with E-state index in [4.69, 9.17) is 17.1 Å². The monoisotopic (exact) mass is 338 g/mol. The second-order valence-electron chi connectivity index (χ2n) is 7.29. The van der Waals surface area contributed by atoms with E-state index in [9.17, 15) is 0 Å². The highest BCUT2D eigenvalue weighted by molar-refractivity contribution is 6.78. The van der Waals surface area contributed by atoms with Crippen LogP contribution < -0.4 is 0 Å². The van der Waals surface area contributed by atoms with E-state index in [-0.39, 0.29) is 5.41 Å². The molecule has 0 rings (SSSR count). The van der Waals surface area contributed by atoms with Crippen LogP contribution in [-0.2, 0) is 17.1 Å². The maximum Gasteiger partial charge on any atom is 0.328 e. The third kappa shape index (κ3) is 7.49. The van der Waals surface area contributed by atoms with Gasteiger partial charge in [0.05, 0.1) is 0 Å². The third-order valence-electron chi connectivity index (χ3n) is 3.56. The van der Waals surface area contributed by atoms with Gasteiger partial charge in [0, 0.05) is 14.2 Å². The Morgan fingerprint density at radius 1 is 1.00 bits per heavy atom. The van der Waals surface area contributed by atoms with Crippen LogP contribution in [0.2, 0.25) is 31.7 Å². The van der Waals surface area contributed by atoms with E-state index in [2.05, 4.69) is 40.8 Å². The minimum absolute atomic E-state index is 0.280. The average Bonchev–Trinajstić information content (AvgIpc) is 2.25. The molecule has 0 N–H and O–H groups in total. The van der Waals surface area contributed by atoms with Gasteiger partial charge in [0.15, 0.2) is 0 Å². The Morgan fingerprint density at radius 2 is 1.50 bits per heavy atom. The molecular formula is C13H34O4Si3. The fraction of sp³-hybridized carbons (Fsp3) is 1.00. The van der Waals surface area contributed by atoms with Crippen LogP contribution in [0.1, 0.15) is 34.1 Å². The summed E-state index contributed by atoms with van der Waals surface area (Å²) >= 11 is 0. The molecule has 7 heteroatoms. The molecule has 3 atom stereocenters. The van der Waals surface area contributed by atoms with Gasteiger partial charge in [-0.25, -0.2) is 0 Å². The Bertz CT molecular complexity index is 294. The molecule has 0 radical (unpaired) electrons. The van der Waals surface area contributed by atoms with Gasteiger partial charge in [-0.1, -0.05) is 27.7 Å². The lowest BCUT2D eigenvalue weighted by molar-refractivity contribution is 0.238. The molecule has 0 aliphatic rings. The topological polar surface area (TPSA) is 36.9 Å². The summed E-state index contributed by atoms with van der Waals surface area (Å²) in [6.45, 7) is 17.3. The highest BCUT2D eigenvalue weighted by Gasteiger charge is 2.42. The first-order chi connectivity index (χ1) is 8.85. The third-order valence-corrected chi connectivity index (χ3v) is 14.1. The molecule has 0 spiro atoms. The van der Waals surface area contributed by atoms with E-state index < -0.39 is 26.4 Å². The number of rotatable bonds is 8. The van der Waals surface area contributed by atoms with E-state index in [0.717, 1.165) is 6.42 Å². The summed E-state index contributed by atoms with van der Waals surface area (Å²) in [6, 6.07) is 0. The van der Waals surface area contributed by atoms with E-state index in [0.29, 0.717) is 5.54 Å². The van der Waals surface area contributed by atoms with Crippen LogP contribution in [0.25, 0.3) is 0 Å². The summed E-state index contributed by atoms with van der Waals surface area (Å²) in [7, 11) is -2.50. The van der Waals surface area contributed by atoms with Gasteiger partial charge in [-0.3, -0.25) is 0 Å². The van der Waals surface area contributed by atoms with Gasteiger partial charge < -0.3 is 17.1 Å². The number of hydrogen-bond acceptors (Lipinski definition) is 4. The normalized spacial score (nSPS) is 19.5. The van der Waals surface area contributed by atoms with E-state index in [1.165, 1.54) is 0 Å². The molecule has 20 heavy (non-hydrogen) atoms. The van der Waals surface area contributed by atoms with E-state index >= 15 is 0 Å². The Balaban J connectivity index is 4.73. The van der Waals surface area contributed by atoms with Crippen molar-refractivity contribution in [2.45, 2.75) is 65.8 Å². The van der Waals surface area contributed by atoms with Crippen LogP contribution >= 0.6 is 0 Å². The van der Waals surface area contributed by atoms with Crippen LogP contribution in [-0.4, -0.2) is 40.6 Å². The quantitative estimate of drug-likeness (QED) is 0.631. The highest BCUT2D eigenvalue weighted by Crippen LogP contribution is 2.35. The minimum atomic E-state index is -2.21. The first-order valence-corrected chi connectivity index (χ1v) is 14.6. The predicted octanol–water partition coefficient (Wildman–Crippen LogP) is 3.76. The van der Waals surface area contributed by atoms with Crippen LogP contribution in [0.15, 0.2) is 0 Å². The Kier molecular flexibility index (Phi) is 7.85. The molecule has 0 saturated carbocycles. The lowest BCUT2D eigenvalue weighted by Gasteiger charge is -2.37. The second kappa shape index (κ2) is 7.66. The smallest absolute Gasteiger partial charge is 0.328 e. The van der Waals surface area contributed by atoms with Crippen molar-refractivity contribution in [3.05, 3.63) is 0 Å². The van der Waals surface area contributed by atoms with Crippen molar-refractivity contribution in [2.75, 3.05) is 14.2 Å². The van der Waals surface area contributed by atoms with Gasteiger partial charge >= 0.3 is 26.4 Å². The van der Waals surface area contributed by atoms with Crippen molar-refractivity contribution in [3.8, 4) is 0 Å². The maximum atomic E-state index is 6.32. The second-order valence-corrected chi connectivity index (χ2v) is 16.9. The molecule has 4 nitrogen and oxygen atoms in total. The first kappa shape index (κ1) is 20.5. The van der Waals surface area contributed by atoms with Gasteiger partial charge in [0.25, 0.3) is 0 Å². The molecule has 122 valence electrons. The molecule has 0 aromatic heterocycles. The van der Waals surface area contributed by atoms with Gasteiger partial charge in [0.1, 0.15) is 0 Å². The SMILES string of the molecule is CO[Si](C)(C)O[SiH](C)O[Si](C)(OC)C(C)CC(C)(C)C. The van der Waals surface area contributed by atoms with E-state index in [1.54, 1.807) is 14.2 Å². The molecule has 0 bridgehead atoms. The molecule has 0 fully saturated rings. The van der Waals surface area contributed by atoms with Crippen molar-refractivity contribution in [3.63, 3.8) is 0 Å². The van der Waals surface area contributed by atoms with Crippen LogP contribution in [0.4, 0.5) is 0 Å². The molecule has 0 heterocycles. The maximum absolute atomic E-state index is 6.32.